The topological polar surface area (TPSA) is 44.1 Å². The van der Waals surface area contributed by atoms with E-state index in [2.05, 4.69) is 21.0 Å². The van der Waals surface area contributed by atoms with E-state index >= 15 is 0 Å². The molecule has 0 spiro atoms. The van der Waals surface area contributed by atoms with Crippen molar-refractivity contribution < 1.29 is 9.53 Å². The Balaban J connectivity index is 2.40. The highest BCUT2D eigenvalue weighted by atomic mass is 79.9. The summed E-state index contributed by atoms with van der Waals surface area (Å²) in [6.45, 7) is 2.85. The summed E-state index contributed by atoms with van der Waals surface area (Å²) in [6.07, 6.45) is 1.48. The number of ketones is 1. The van der Waals surface area contributed by atoms with Crippen molar-refractivity contribution in [2.24, 2.45) is 0 Å². The molecule has 0 atom stereocenters. The molecule has 0 aliphatic heterocycles. The molecule has 2 rings (SSSR count). The van der Waals surface area contributed by atoms with Gasteiger partial charge in [-0.2, -0.15) is 5.10 Å². The molecule has 1 aromatic carbocycles. The van der Waals surface area contributed by atoms with Gasteiger partial charge in [-0.15, -0.1) is 0 Å². The molecule has 0 bridgehead atoms. The Hall–Kier alpha value is -1.17. The average molecular weight is 358 g/mol. The molecular formula is C14H14BrClN2O2. The lowest BCUT2D eigenvalue weighted by molar-refractivity contribution is 0.102. The van der Waals surface area contributed by atoms with E-state index in [1.54, 1.807) is 17.9 Å². The molecule has 0 amide bonds. The highest BCUT2D eigenvalue weighted by Gasteiger charge is 2.20. The van der Waals surface area contributed by atoms with Crippen LogP contribution in [0.4, 0.5) is 0 Å². The molecule has 106 valence electrons. The standard InChI is InChI=1S/C14H14BrClN2O2/c1-9-7-10(15)3-4-11(9)14(19)13-12(16)8-17-18(13)5-6-20-2/h3-4,7-8H,5-6H2,1-2H3. The van der Waals surface area contributed by atoms with Gasteiger partial charge < -0.3 is 4.74 Å². The number of aromatic nitrogens is 2. The van der Waals surface area contributed by atoms with E-state index in [-0.39, 0.29) is 5.78 Å². The Bertz CT molecular complexity index is 640. The van der Waals surface area contributed by atoms with Crippen molar-refractivity contribution in [1.82, 2.24) is 9.78 Å². The number of rotatable bonds is 5. The van der Waals surface area contributed by atoms with E-state index in [1.165, 1.54) is 6.20 Å². The van der Waals surface area contributed by atoms with E-state index in [1.807, 2.05) is 19.1 Å². The van der Waals surface area contributed by atoms with Crippen molar-refractivity contribution in [3.63, 3.8) is 0 Å². The highest BCUT2D eigenvalue weighted by Crippen LogP contribution is 2.23. The van der Waals surface area contributed by atoms with Crippen LogP contribution in [-0.4, -0.2) is 29.3 Å². The predicted octanol–water partition coefficient (Wildman–Crippen LogP) is 3.48. The monoisotopic (exact) mass is 356 g/mol. The Morgan fingerprint density at radius 3 is 2.90 bits per heavy atom. The van der Waals surface area contributed by atoms with Gasteiger partial charge in [-0.3, -0.25) is 9.48 Å². The normalized spacial score (nSPS) is 10.8. The second-order valence-electron chi connectivity index (χ2n) is 4.35. The van der Waals surface area contributed by atoms with Crippen LogP contribution in [0, 0.1) is 6.92 Å². The quantitative estimate of drug-likeness (QED) is 0.770. The SMILES string of the molecule is COCCn1ncc(Cl)c1C(=O)c1ccc(Br)cc1C. The molecule has 1 heterocycles. The fraction of sp³-hybridized carbons (Fsp3) is 0.286. The van der Waals surface area contributed by atoms with Crippen LogP contribution < -0.4 is 0 Å². The van der Waals surface area contributed by atoms with Gasteiger partial charge >= 0.3 is 0 Å². The first-order valence-corrected chi connectivity index (χ1v) is 7.22. The van der Waals surface area contributed by atoms with Crippen LogP contribution in [0.25, 0.3) is 0 Å². The van der Waals surface area contributed by atoms with Gasteiger partial charge in [0, 0.05) is 17.1 Å². The second-order valence-corrected chi connectivity index (χ2v) is 5.67. The molecule has 0 fully saturated rings. The van der Waals surface area contributed by atoms with Gasteiger partial charge in [0.1, 0.15) is 5.69 Å². The minimum absolute atomic E-state index is 0.131. The number of hydrogen-bond acceptors (Lipinski definition) is 3. The number of methoxy groups -OCH3 is 1. The molecule has 0 saturated heterocycles. The van der Waals surface area contributed by atoms with Crippen molar-refractivity contribution in [2.45, 2.75) is 13.5 Å². The van der Waals surface area contributed by atoms with Gasteiger partial charge in [-0.05, 0) is 30.7 Å². The molecule has 4 nitrogen and oxygen atoms in total. The zero-order valence-electron chi connectivity index (χ0n) is 11.2. The van der Waals surface area contributed by atoms with Crippen LogP contribution in [0.1, 0.15) is 21.6 Å². The van der Waals surface area contributed by atoms with Crippen LogP contribution in [0.15, 0.2) is 28.9 Å². The lowest BCUT2D eigenvalue weighted by Gasteiger charge is -2.09. The molecule has 0 N–H and O–H groups in total. The maximum Gasteiger partial charge on any atom is 0.212 e. The van der Waals surface area contributed by atoms with Gasteiger partial charge in [-0.1, -0.05) is 27.5 Å². The second kappa shape index (κ2) is 6.52. The smallest absolute Gasteiger partial charge is 0.212 e. The van der Waals surface area contributed by atoms with Gasteiger partial charge in [0.25, 0.3) is 0 Å². The van der Waals surface area contributed by atoms with E-state index in [0.717, 1.165) is 10.0 Å². The lowest BCUT2D eigenvalue weighted by atomic mass is 10.0. The Morgan fingerprint density at radius 1 is 1.50 bits per heavy atom. The molecule has 1 aromatic heterocycles. The van der Waals surface area contributed by atoms with Crippen molar-refractivity contribution in [2.75, 3.05) is 13.7 Å². The number of carbonyl (C=O) groups is 1. The maximum atomic E-state index is 12.6. The molecule has 0 aliphatic rings. The molecule has 0 aliphatic carbocycles. The first-order chi connectivity index (χ1) is 9.54. The number of nitrogens with zero attached hydrogens (tertiary/aromatic N) is 2. The first kappa shape index (κ1) is 15.2. The molecule has 0 unspecified atom stereocenters. The molecule has 0 radical (unpaired) electrons. The average Bonchev–Trinajstić information content (AvgIpc) is 2.77. The van der Waals surface area contributed by atoms with Crippen LogP contribution in [0.3, 0.4) is 0 Å². The number of hydrogen-bond donors (Lipinski definition) is 0. The van der Waals surface area contributed by atoms with Crippen molar-refractivity contribution in [3.05, 3.63) is 50.7 Å². The van der Waals surface area contributed by atoms with Crippen LogP contribution in [-0.2, 0) is 11.3 Å². The zero-order valence-corrected chi connectivity index (χ0v) is 13.5. The Labute approximate surface area is 130 Å². The maximum absolute atomic E-state index is 12.6. The molecule has 2 aromatic rings. The number of halogens is 2. The van der Waals surface area contributed by atoms with Crippen LogP contribution in [0.5, 0.6) is 0 Å². The van der Waals surface area contributed by atoms with Gasteiger partial charge in [0.05, 0.1) is 24.4 Å². The summed E-state index contributed by atoms with van der Waals surface area (Å²) in [5.41, 5.74) is 1.91. The third-order valence-corrected chi connectivity index (χ3v) is 3.72. The van der Waals surface area contributed by atoms with Crippen molar-refractivity contribution in [3.8, 4) is 0 Å². The van der Waals surface area contributed by atoms with E-state index in [4.69, 9.17) is 16.3 Å². The summed E-state index contributed by atoms with van der Waals surface area (Å²) in [5, 5.41) is 4.48. The molecule has 0 saturated carbocycles. The number of carbonyl (C=O) groups excluding carboxylic acids is 1. The molecular weight excluding hydrogens is 344 g/mol. The summed E-state index contributed by atoms with van der Waals surface area (Å²) >= 11 is 9.48. The number of benzene rings is 1. The Morgan fingerprint density at radius 2 is 2.25 bits per heavy atom. The van der Waals surface area contributed by atoms with Gasteiger partial charge in [0.2, 0.25) is 5.78 Å². The first-order valence-electron chi connectivity index (χ1n) is 6.05. The lowest BCUT2D eigenvalue weighted by Crippen LogP contribution is -2.15. The number of ether oxygens (including phenoxy) is 1. The minimum Gasteiger partial charge on any atom is -0.383 e. The summed E-state index contributed by atoms with van der Waals surface area (Å²) in [7, 11) is 1.60. The largest absolute Gasteiger partial charge is 0.383 e. The summed E-state index contributed by atoms with van der Waals surface area (Å²) in [4.78, 5) is 12.6. The van der Waals surface area contributed by atoms with Gasteiger partial charge in [-0.25, -0.2) is 0 Å². The van der Waals surface area contributed by atoms with Crippen LogP contribution >= 0.6 is 27.5 Å². The molecule has 20 heavy (non-hydrogen) atoms. The third kappa shape index (κ3) is 3.11. The van der Waals surface area contributed by atoms with Gasteiger partial charge in [0.15, 0.2) is 0 Å². The third-order valence-electron chi connectivity index (χ3n) is 2.95. The van der Waals surface area contributed by atoms with E-state index < -0.39 is 0 Å². The summed E-state index contributed by atoms with van der Waals surface area (Å²) in [5.74, 6) is -0.131. The van der Waals surface area contributed by atoms with E-state index in [9.17, 15) is 4.79 Å². The fourth-order valence-electron chi connectivity index (χ4n) is 1.94. The summed E-state index contributed by atoms with van der Waals surface area (Å²) < 4.78 is 7.53. The minimum atomic E-state index is -0.131. The Kier molecular flexibility index (Phi) is 4.96. The van der Waals surface area contributed by atoms with Crippen molar-refractivity contribution in [1.29, 1.82) is 0 Å². The van der Waals surface area contributed by atoms with Crippen molar-refractivity contribution >= 4 is 33.3 Å². The summed E-state index contributed by atoms with van der Waals surface area (Å²) in [6, 6.07) is 5.52. The van der Waals surface area contributed by atoms with E-state index in [0.29, 0.717) is 29.4 Å². The number of aryl methyl sites for hydroxylation is 1. The van der Waals surface area contributed by atoms with Crippen LogP contribution in [0.2, 0.25) is 5.02 Å². The predicted molar refractivity (Wildman–Crippen MR) is 81.4 cm³/mol. The highest BCUT2D eigenvalue weighted by molar-refractivity contribution is 9.10. The fourth-order valence-corrected chi connectivity index (χ4v) is 2.65. The molecule has 6 heteroatoms. The zero-order chi connectivity index (χ0) is 14.7.